The lowest BCUT2D eigenvalue weighted by Crippen LogP contribution is -2.12. The van der Waals surface area contributed by atoms with Crippen molar-refractivity contribution in [2.24, 2.45) is 0 Å². The lowest BCUT2D eigenvalue weighted by molar-refractivity contribution is 0.102. The molecule has 0 aliphatic carbocycles. The number of nitrogens with one attached hydrogen (secondary N) is 2. The molecule has 5 nitrogen and oxygen atoms in total. The molecule has 3 rings (SSSR count). The van der Waals surface area contributed by atoms with Crippen molar-refractivity contribution in [3.8, 4) is 5.75 Å². The first kappa shape index (κ1) is 18.3. The first-order valence-electron chi connectivity index (χ1n) is 8.08. The van der Waals surface area contributed by atoms with Crippen LogP contribution in [0.2, 0.25) is 0 Å². The maximum absolute atomic E-state index is 12.4. The van der Waals surface area contributed by atoms with Gasteiger partial charge in [-0.05, 0) is 55.6 Å². The van der Waals surface area contributed by atoms with Crippen LogP contribution in [0.3, 0.4) is 0 Å². The Balaban J connectivity index is 1.64. The summed E-state index contributed by atoms with van der Waals surface area (Å²) < 4.78 is 5.42. The second kappa shape index (κ2) is 8.73. The number of thiazole rings is 1. The molecule has 0 bridgehead atoms. The maximum atomic E-state index is 12.4. The van der Waals surface area contributed by atoms with Crippen LogP contribution in [-0.4, -0.2) is 23.8 Å². The highest BCUT2D eigenvalue weighted by molar-refractivity contribution is 7.98. The van der Waals surface area contributed by atoms with E-state index in [4.69, 9.17) is 4.74 Å². The first-order chi connectivity index (χ1) is 12.7. The Bertz CT molecular complexity index is 879. The van der Waals surface area contributed by atoms with Crippen molar-refractivity contribution in [2.45, 2.75) is 11.8 Å². The fourth-order valence-corrected chi connectivity index (χ4v) is 3.43. The van der Waals surface area contributed by atoms with E-state index >= 15 is 0 Å². The number of ether oxygens (including phenoxy) is 1. The number of amides is 1. The highest BCUT2D eigenvalue weighted by Gasteiger charge is 2.11. The van der Waals surface area contributed by atoms with Gasteiger partial charge in [-0.2, -0.15) is 0 Å². The van der Waals surface area contributed by atoms with E-state index in [9.17, 15) is 4.79 Å². The van der Waals surface area contributed by atoms with E-state index in [0.717, 1.165) is 22.0 Å². The zero-order chi connectivity index (χ0) is 18.4. The molecule has 0 aliphatic rings. The number of nitrogens with zero attached hydrogens (tertiary/aromatic N) is 1. The van der Waals surface area contributed by atoms with E-state index in [1.165, 1.54) is 11.3 Å². The zero-order valence-corrected chi connectivity index (χ0v) is 16.1. The summed E-state index contributed by atoms with van der Waals surface area (Å²) in [6.45, 7) is 2.59. The summed E-state index contributed by atoms with van der Waals surface area (Å²) in [6.07, 6.45) is 2.00. The molecule has 7 heteroatoms. The number of rotatable bonds is 7. The molecule has 0 unspecified atom stereocenters. The molecule has 2 N–H and O–H groups in total. The summed E-state index contributed by atoms with van der Waals surface area (Å²) in [5.41, 5.74) is 2.04. The monoisotopic (exact) mass is 385 g/mol. The normalized spacial score (nSPS) is 10.4. The van der Waals surface area contributed by atoms with E-state index in [0.29, 0.717) is 17.4 Å². The van der Waals surface area contributed by atoms with Gasteiger partial charge in [0.25, 0.3) is 5.91 Å². The molecule has 26 heavy (non-hydrogen) atoms. The lowest BCUT2D eigenvalue weighted by Gasteiger charge is -2.06. The molecule has 0 saturated carbocycles. The van der Waals surface area contributed by atoms with Crippen molar-refractivity contribution in [1.29, 1.82) is 0 Å². The molecular formula is C19H19N3O2S2. The smallest absolute Gasteiger partial charge is 0.275 e. The molecule has 0 atom stereocenters. The summed E-state index contributed by atoms with van der Waals surface area (Å²) in [5.74, 6) is 0.601. The fourth-order valence-electron chi connectivity index (χ4n) is 2.26. The largest absolute Gasteiger partial charge is 0.494 e. The quantitative estimate of drug-likeness (QED) is 0.543. The Morgan fingerprint density at radius 2 is 2.00 bits per heavy atom. The van der Waals surface area contributed by atoms with Gasteiger partial charge < -0.3 is 15.4 Å². The number of hydrogen-bond donors (Lipinski definition) is 2. The topological polar surface area (TPSA) is 63.2 Å². The molecule has 0 radical (unpaired) electrons. The van der Waals surface area contributed by atoms with Crippen molar-refractivity contribution in [3.05, 3.63) is 59.6 Å². The number of hydrogen-bond acceptors (Lipinski definition) is 6. The second-order valence-electron chi connectivity index (χ2n) is 5.31. The molecule has 0 aliphatic heterocycles. The molecule has 0 fully saturated rings. The van der Waals surface area contributed by atoms with Gasteiger partial charge in [0.1, 0.15) is 11.4 Å². The number of carbonyl (C=O) groups is 1. The van der Waals surface area contributed by atoms with Crippen LogP contribution in [0.25, 0.3) is 0 Å². The third-order valence-electron chi connectivity index (χ3n) is 3.48. The van der Waals surface area contributed by atoms with E-state index in [-0.39, 0.29) is 5.91 Å². The minimum Gasteiger partial charge on any atom is -0.494 e. The Hall–Kier alpha value is -2.51. The standard InChI is InChI=1S/C19H19N3O2S2/c1-3-24-15-9-7-13(8-10-15)21-19-22-17(12-26-19)18(23)20-14-5-4-6-16(11-14)25-2/h4-12H,3H2,1-2H3,(H,20,23)(H,21,22). The molecule has 3 aromatic rings. The molecule has 1 aromatic heterocycles. The van der Waals surface area contributed by atoms with Gasteiger partial charge >= 0.3 is 0 Å². The minimum atomic E-state index is -0.223. The summed E-state index contributed by atoms with van der Waals surface area (Å²) in [7, 11) is 0. The number of thioether (sulfide) groups is 1. The molecule has 1 heterocycles. The minimum absolute atomic E-state index is 0.223. The third kappa shape index (κ3) is 4.77. The van der Waals surface area contributed by atoms with Crippen LogP contribution in [0.1, 0.15) is 17.4 Å². The predicted molar refractivity (Wildman–Crippen MR) is 109 cm³/mol. The third-order valence-corrected chi connectivity index (χ3v) is 4.96. The Morgan fingerprint density at radius 3 is 2.73 bits per heavy atom. The fraction of sp³-hybridized carbons (Fsp3) is 0.158. The molecule has 0 spiro atoms. The SMILES string of the molecule is CCOc1ccc(Nc2nc(C(=O)Nc3cccc(SC)c3)cs2)cc1. The van der Waals surface area contributed by atoms with Gasteiger partial charge in [0.05, 0.1) is 6.61 Å². The summed E-state index contributed by atoms with van der Waals surface area (Å²) in [6, 6.07) is 15.3. The number of aromatic nitrogens is 1. The van der Waals surface area contributed by atoms with Crippen LogP contribution < -0.4 is 15.4 Å². The number of anilines is 3. The van der Waals surface area contributed by atoms with Gasteiger partial charge in [-0.3, -0.25) is 4.79 Å². The van der Waals surface area contributed by atoms with Crippen molar-refractivity contribution < 1.29 is 9.53 Å². The predicted octanol–water partition coefficient (Wildman–Crippen LogP) is 5.26. The van der Waals surface area contributed by atoms with Crippen LogP contribution in [0.5, 0.6) is 5.75 Å². The van der Waals surface area contributed by atoms with Gasteiger partial charge in [-0.25, -0.2) is 4.98 Å². The van der Waals surface area contributed by atoms with Crippen LogP contribution >= 0.6 is 23.1 Å². The van der Waals surface area contributed by atoms with Crippen molar-refractivity contribution >= 4 is 45.5 Å². The van der Waals surface area contributed by atoms with E-state index < -0.39 is 0 Å². The highest BCUT2D eigenvalue weighted by atomic mass is 32.2. The molecule has 134 valence electrons. The van der Waals surface area contributed by atoms with Crippen LogP contribution in [0.15, 0.2) is 58.8 Å². The Labute approximate surface area is 160 Å². The van der Waals surface area contributed by atoms with Crippen LogP contribution in [-0.2, 0) is 0 Å². The van der Waals surface area contributed by atoms with Gasteiger partial charge in [-0.15, -0.1) is 23.1 Å². The molecule has 1 amide bonds. The van der Waals surface area contributed by atoms with Crippen molar-refractivity contribution in [2.75, 3.05) is 23.5 Å². The average Bonchev–Trinajstić information content (AvgIpc) is 3.12. The summed E-state index contributed by atoms with van der Waals surface area (Å²) in [4.78, 5) is 17.8. The van der Waals surface area contributed by atoms with E-state index in [1.807, 2.05) is 61.7 Å². The second-order valence-corrected chi connectivity index (χ2v) is 7.04. The highest BCUT2D eigenvalue weighted by Crippen LogP contribution is 2.24. The number of benzene rings is 2. The molecule has 2 aromatic carbocycles. The summed E-state index contributed by atoms with van der Waals surface area (Å²) >= 11 is 3.02. The van der Waals surface area contributed by atoms with E-state index in [1.54, 1.807) is 17.1 Å². The van der Waals surface area contributed by atoms with Crippen LogP contribution in [0.4, 0.5) is 16.5 Å². The van der Waals surface area contributed by atoms with Crippen molar-refractivity contribution in [1.82, 2.24) is 4.98 Å². The first-order valence-corrected chi connectivity index (χ1v) is 10.2. The zero-order valence-electron chi connectivity index (χ0n) is 14.5. The van der Waals surface area contributed by atoms with Crippen LogP contribution in [0, 0.1) is 0 Å². The van der Waals surface area contributed by atoms with Crippen molar-refractivity contribution in [3.63, 3.8) is 0 Å². The molecule has 0 saturated heterocycles. The van der Waals surface area contributed by atoms with Gasteiger partial charge in [0.15, 0.2) is 5.13 Å². The molecular weight excluding hydrogens is 366 g/mol. The Morgan fingerprint density at radius 1 is 1.19 bits per heavy atom. The number of carbonyl (C=O) groups excluding carboxylic acids is 1. The Kier molecular flexibility index (Phi) is 6.14. The lowest BCUT2D eigenvalue weighted by atomic mass is 10.3. The van der Waals surface area contributed by atoms with Gasteiger partial charge in [-0.1, -0.05) is 6.07 Å². The maximum Gasteiger partial charge on any atom is 0.275 e. The van der Waals surface area contributed by atoms with Gasteiger partial charge in [0, 0.05) is 21.7 Å². The average molecular weight is 386 g/mol. The van der Waals surface area contributed by atoms with E-state index in [2.05, 4.69) is 15.6 Å². The van der Waals surface area contributed by atoms with Gasteiger partial charge in [0.2, 0.25) is 0 Å². The summed E-state index contributed by atoms with van der Waals surface area (Å²) in [5, 5.41) is 8.48.